The Morgan fingerprint density at radius 2 is 1.82 bits per heavy atom. The van der Waals surface area contributed by atoms with Gasteiger partial charge >= 0.3 is 0 Å². The first-order valence-electron chi connectivity index (χ1n) is 3.83. The Labute approximate surface area is 67.6 Å². The third-order valence-electron chi connectivity index (χ3n) is 1.71. The van der Waals surface area contributed by atoms with Gasteiger partial charge in [-0.15, -0.1) is 0 Å². The molecule has 0 unspecified atom stereocenters. The molecular formula is C9H14N2. The molecule has 0 saturated carbocycles. The number of hydrazine groups is 1. The van der Waals surface area contributed by atoms with Crippen molar-refractivity contribution < 1.29 is 0 Å². The molecule has 2 N–H and O–H groups in total. The Balaban J connectivity index is 2.81. The van der Waals surface area contributed by atoms with E-state index >= 15 is 0 Å². The second-order valence-electron chi connectivity index (χ2n) is 2.62. The average molecular weight is 150 g/mol. The van der Waals surface area contributed by atoms with Crippen LogP contribution in [0.4, 0.5) is 5.69 Å². The van der Waals surface area contributed by atoms with Crippen molar-refractivity contribution in [2.75, 3.05) is 11.6 Å². The fraction of sp³-hybridized carbons (Fsp3) is 0.333. The first-order valence-corrected chi connectivity index (χ1v) is 3.83. The Morgan fingerprint density at radius 1 is 1.27 bits per heavy atom. The molecular weight excluding hydrogens is 136 g/mol. The van der Waals surface area contributed by atoms with Crippen molar-refractivity contribution in [2.45, 2.75) is 13.8 Å². The molecule has 1 aromatic rings. The summed E-state index contributed by atoms with van der Waals surface area (Å²) in [7, 11) is 0. The summed E-state index contributed by atoms with van der Waals surface area (Å²) in [6, 6.07) is 8.17. The molecule has 0 radical (unpaired) electrons. The highest BCUT2D eigenvalue weighted by Crippen LogP contribution is 2.10. The molecule has 1 rings (SSSR count). The zero-order valence-corrected chi connectivity index (χ0v) is 7.04. The number of nitrogens with zero attached hydrogens (tertiary/aromatic N) is 1. The minimum Gasteiger partial charge on any atom is -0.311 e. The van der Waals surface area contributed by atoms with Crippen LogP contribution in [0.5, 0.6) is 0 Å². The van der Waals surface area contributed by atoms with E-state index < -0.39 is 0 Å². The average Bonchev–Trinajstić information content (AvgIpc) is 2.05. The van der Waals surface area contributed by atoms with Crippen molar-refractivity contribution in [1.29, 1.82) is 0 Å². The monoisotopic (exact) mass is 150 g/mol. The number of benzene rings is 1. The zero-order chi connectivity index (χ0) is 8.27. The van der Waals surface area contributed by atoms with Crippen LogP contribution < -0.4 is 10.9 Å². The minimum atomic E-state index is 0.836. The molecule has 0 aliphatic heterocycles. The van der Waals surface area contributed by atoms with E-state index in [-0.39, 0.29) is 0 Å². The molecule has 0 heterocycles. The highest BCUT2D eigenvalue weighted by Gasteiger charge is 1.95. The van der Waals surface area contributed by atoms with Crippen LogP contribution in [0.25, 0.3) is 0 Å². The SMILES string of the molecule is CCN(N)c1ccc(C)cc1. The van der Waals surface area contributed by atoms with E-state index in [1.54, 1.807) is 5.01 Å². The summed E-state index contributed by atoms with van der Waals surface area (Å²) in [5.74, 6) is 5.68. The molecule has 1 aromatic carbocycles. The second-order valence-corrected chi connectivity index (χ2v) is 2.62. The molecule has 0 aliphatic carbocycles. The summed E-state index contributed by atoms with van der Waals surface area (Å²) in [4.78, 5) is 0. The van der Waals surface area contributed by atoms with Crippen LogP contribution in [-0.4, -0.2) is 6.54 Å². The molecule has 0 saturated heterocycles. The summed E-state index contributed by atoms with van der Waals surface area (Å²) in [6.45, 7) is 4.93. The molecule has 0 amide bonds. The lowest BCUT2D eigenvalue weighted by Crippen LogP contribution is -2.29. The summed E-state index contributed by atoms with van der Waals surface area (Å²) in [6.07, 6.45) is 0. The number of hydrogen-bond donors (Lipinski definition) is 1. The Morgan fingerprint density at radius 3 is 2.27 bits per heavy atom. The lowest BCUT2D eigenvalue weighted by atomic mass is 10.2. The maximum absolute atomic E-state index is 5.68. The lowest BCUT2D eigenvalue weighted by Gasteiger charge is -2.15. The van der Waals surface area contributed by atoms with Crippen LogP contribution in [0.3, 0.4) is 0 Å². The van der Waals surface area contributed by atoms with E-state index in [4.69, 9.17) is 5.84 Å². The van der Waals surface area contributed by atoms with Crippen LogP contribution in [0.15, 0.2) is 24.3 Å². The third kappa shape index (κ3) is 1.95. The number of nitrogens with two attached hydrogens (primary N) is 1. The van der Waals surface area contributed by atoms with Gasteiger partial charge in [0.1, 0.15) is 0 Å². The largest absolute Gasteiger partial charge is 0.311 e. The quantitative estimate of drug-likeness (QED) is 0.513. The predicted octanol–water partition coefficient (Wildman–Crippen LogP) is 1.70. The maximum Gasteiger partial charge on any atom is 0.0517 e. The first-order chi connectivity index (χ1) is 5.24. The molecule has 2 heteroatoms. The maximum atomic E-state index is 5.68. The van der Waals surface area contributed by atoms with Crippen LogP contribution >= 0.6 is 0 Å². The summed E-state index contributed by atoms with van der Waals surface area (Å²) in [5, 5.41) is 1.72. The van der Waals surface area contributed by atoms with E-state index in [0.29, 0.717) is 0 Å². The Hall–Kier alpha value is -1.02. The molecule has 0 fully saturated rings. The van der Waals surface area contributed by atoms with E-state index in [1.165, 1.54) is 5.56 Å². The van der Waals surface area contributed by atoms with Crippen LogP contribution in [-0.2, 0) is 0 Å². The molecule has 11 heavy (non-hydrogen) atoms. The molecule has 0 bridgehead atoms. The van der Waals surface area contributed by atoms with E-state index in [2.05, 4.69) is 19.1 Å². The summed E-state index contributed by atoms with van der Waals surface area (Å²) >= 11 is 0. The zero-order valence-electron chi connectivity index (χ0n) is 7.04. The molecule has 0 spiro atoms. The lowest BCUT2D eigenvalue weighted by molar-refractivity contribution is 0.892. The van der Waals surface area contributed by atoms with E-state index in [1.807, 2.05) is 19.1 Å². The van der Waals surface area contributed by atoms with Gasteiger partial charge in [0.15, 0.2) is 0 Å². The fourth-order valence-corrected chi connectivity index (χ4v) is 0.919. The smallest absolute Gasteiger partial charge is 0.0517 e. The van der Waals surface area contributed by atoms with Crippen molar-refractivity contribution in [3.05, 3.63) is 29.8 Å². The number of aryl methyl sites for hydroxylation is 1. The minimum absolute atomic E-state index is 0.836. The van der Waals surface area contributed by atoms with Gasteiger partial charge in [0.2, 0.25) is 0 Å². The summed E-state index contributed by atoms with van der Waals surface area (Å²) < 4.78 is 0. The molecule has 0 aromatic heterocycles. The molecule has 2 nitrogen and oxygen atoms in total. The van der Waals surface area contributed by atoms with Crippen molar-refractivity contribution >= 4 is 5.69 Å². The normalized spacial score (nSPS) is 9.73. The van der Waals surface area contributed by atoms with Crippen LogP contribution in [0, 0.1) is 6.92 Å². The highest BCUT2D eigenvalue weighted by molar-refractivity contribution is 5.45. The van der Waals surface area contributed by atoms with Gasteiger partial charge in [-0.2, -0.15) is 0 Å². The molecule has 0 aliphatic rings. The van der Waals surface area contributed by atoms with E-state index in [0.717, 1.165) is 12.2 Å². The van der Waals surface area contributed by atoms with Crippen LogP contribution in [0.2, 0.25) is 0 Å². The van der Waals surface area contributed by atoms with Gasteiger partial charge in [0.05, 0.1) is 5.69 Å². The topological polar surface area (TPSA) is 29.3 Å². The molecule has 0 atom stereocenters. The van der Waals surface area contributed by atoms with Crippen LogP contribution in [0.1, 0.15) is 12.5 Å². The van der Waals surface area contributed by atoms with Crippen molar-refractivity contribution in [2.24, 2.45) is 5.84 Å². The number of hydrogen-bond acceptors (Lipinski definition) is 2. The van der Waals surface area contributed by atoms with Crippen molar-refractivity contribution in [3.63, 3.8) is 0 Å². The predicted molar refractivity (Wildman–Crippen MR) is 48.4 cm³/mol. The standard InChI is InChI=1S/C9H14N2/c1-3-11(10)9-6-4-8(2)5-7-9/h4-7H,3,10H2,1-2H3. The van der Waals surface area contributed by atoms with Crippen molar-refractivity contribution in [3.8, 4) is 0 Å². The number of rotatable bonds is 2. The van der Waals surface area contributed by atoms with Gasteiger partial charge in [0.25, 0.3) is 0 Å². The third-order valence-corrected chi connectivity index (χ3v) is 1.71. The van der Waals surface area contributed by atoms with Crippen molar-refractivity contribution in [1.82, 2.24) is 0 Å². The van der Waals surface area contributed by atoms with Gasteiger partial charge < -0.3 is 5.01 Å². The Kier molecular flexibility index (Phi) is 2.49. The number of anilines is 1. The fourth-order valence-electron chi connectivity index (χ4n) is 0.919. The van der Waals surface area contributed by atoms with Gasteiger partial charge in [-0.05, 0) is 26.0 Å². The summed E-state index contributed by atoms with van der Waals surface area (Å²) in [5.41, 5.74) is 2.33. The van der Waals surface area contributed by atoms with E-state index in [9.17, 15) is 0 Å². The first kappa shape index (κ1) is 8.08. The second kappa shape index (κ2) is 3.39. The highest BCUT2D eigenvalue weighted by atomic mass is 15.4. The van der Waals surface area contributed by atoms with Gasteiger partial charge in [-0.25, -0.2) is 5.84 Å². The van der Waals surface area contributed by atoms with Gasteiger partial charge in [-0.3, -0.25) is 0 Å². The van der Waals surface area contributed by atoms with Gasteiger partial charge in [-0.1, -0.05) is 17.7 Å². The molecule has 60 valence electrons. The van der Waals surface area contributed by atoms with Gasteiger partial charge in [0, 0.05) is 6.54 Å². The Bertz CT molecular complexity index is 216.